The highest BCUT2D eigenvalue weighted by Gasteiger charge is 2.27. The Hall–Kier alpha value is -3.13. The summed E-state index contributed by atoms with van der Waals surface area (Å²) >= 11 is 0. The van der Waals surface area contributed by atoms with Crippen LogP contribution in [0, 0.1) is 0 Å². The van der Waals surface area contributed by atoms with Crippen LogP contribution >= 0.6 is 0 Å². The molecule has 0 aliphatic heterocycles. The van der Waals surface area contributed by atoms with Gasteiger partial charge < -0.3 is 5.21 Å². The SMILES string of the molecule is O/N=C1\c2cc3ccccc3cc2-c2ccc3ccccc3c21. The number of hydrogen-bond donors (Lipinski definition) is 1. The topological polar surface area (TPSA) is 32.6 Å². The van der Waals surface area contributed by atoms with Crippen molar-refractivity contribution < 1.29 is 5.21 Å². The number of hydrogen-bond acceptors (Lipinski definition) is 2. The van der Waals surface area contributed by atoms with Gasteiger partial charge >= 0.3 is 0 Å². The number of rotatable bonds is 0. The van der Waals surface area contributed by atoms with Gasteiger partial charge in [0.15, 0.2) is 0 Å². The average molecular weight is 295 g/mol. The predicted molar refractivity (Wildman–Crippen MR) is 94.3 cm³/mol. The molecule has 4 aromatic rings. The van der Waals surface area contributed by atoms with Gasteiger partial charge in [0.1, 0.15) is 5.71 Å². The largest absolute Gasteiger partial charge is 0.410 e. The molecule has 0 aromatic heterocycles. The molecule has 0 bridgehead atoms. The minimum absolute atomic E-state index is 0.664. The molecule has 2 nitrogen and oxygen atoms in total. The molecule has 0 unspecified atom stereocenters. The molecule has 0 amide bonds. The van der Waals surface area contributed by atoms with E-state index >= 15 is 0 Å². The molecule has 0 fully saturated rings. The van der Waals surface area contributed by atoms with Gasteiger partial charge in [-0.1, -0.05) is 65.8 Å². The first-order chi connectivity index (χ1) is 11.4. The van der Waals surface area contributed by atoms with Gasteiger partial charge in [-0.2, -0.15) is 0 Å². The van der Waals surface area contributed by atoms with E-state index in [0.29, 0.717) is 5.71 Å². The van der Waals surface area contributed by atoms with Gasteiger partial charge in [0.2, 0.25) is 0 Å². The first-order valence-electron chi connectivity index (χ1n) is 7.64. The van der Waals surface area contributed by atoms with Crippen LogP contribution in [0.2, 0.25) is 0 Å². The van der Waals surface area contributed by atoms with Crippen molar-refractivity contribution in [1.82, 2.24) is 0 Å². The van der Waals surface area contributed by atoms with Crippen LogP contribution in [0.15, 0.2) is 78.0 Å². The summed E-state index contributed by atoms with van der Waals surface area (Å²) in [5.41, 5.74) is 4.96. The Morgan fingerprint density at radius 1 is 0.609 bits per heavy atom. The number of fused-ring (bicyclic) bond motifs is 6. The van der Waals surface area contributed by atoms with E-state index < -0.39 is 0 Å². The first-order valence-corrected chi connectivity index (χ1v) is 7.64. The molecule has 0 spiro atoms. The van der Waals surface area contributed by atoms with E-state index in [1.165, 1.54) is 5.39 Å². The number of nitrogens with zero attached hydrogens (tertiary/aromatic N) is 1. The predicted octanol–water partition coefficient (Wildman–Crippen LogP) is 5.20. The minimum Gasteiger partial charge on any atom is -0.410 e. The summed E-state index contributed by atoms with van der Waals surface area (Å²) in [6, 6.07) is 25.1. The molecule has 4 aromatic carbocycles. The van der Waals surface area contributed by atoms with Crippen molar-refractivity contribution >= 4 is 27.3 Å². The van der Waals surface area contributed by atoms with E-state index in [1.54, 1.807) is 0 Å². The van der Waals surface area contributed by atoms with Crippen molar-refractivity contribution in [2.24, 2.45) is 5.16 Å². The normalized spacial score (nSPS) is 14.3. The van der Waals surface area contributed by atoms with Gasteiger partial charge in [-0.3, -0.25) is 0 Å². The summed E-state index contributed by atoms with van der Waals surface area (Å²) in [6.07, 6.45) is 0. The molecule has 0 radical (unpaired) electrons. The summed E-state index contributed by atoms with van der Waals surface area (Å²) < 4.78 is 0. The second kappa shape index (κ2) is 4.43. The smallest absolute Gasteiger partial charge is 0.118 e. The molecule has 108 valence electrons. The van der Waals surface area contributed by atoms with Gasteiger partial charge in [0.25, 0.3) is 0 Å². The van der Waals surface area contributed by atoms with Gasteiger partial charge in [-0.15, -0.1) is 0 Å². The Bertz CT molecular complexity index is 1130. The number of benzene rings is 4. The van der Waals surface area contributed by atoms with Crippen molar-refractivity contribution in [2.75, 3.05) is 0 Å². The minimum atomic E-state index is 0.664. The van der Waals surface area contributed by atoms with Crippen molar-refractivity contribution in [3.8, 4) is 11.1 Å². The summed E-state index contributed by atoms with van der Waals surface area (Å²) in [7, 11) is 0. The third kappa shape index (κ3) is 1.60. The Labute approximate surface area is 133 Å². The summed E-state index contributed by atoms with van der Waals surface area (Å²) in [5, 5.41) is 18.0. The Balaban J connectivity index is 1.95. The number of oxime groups is 1. The van der Waals surface area contributed by atoms with Crippen molar-refractivity contribution in [1.29, 1.82) is 0 Å². The van der Waals surface area contributed by atoms with Crippen LogP contribution in [-0.4, -0.2) is 10.9 Å². The molecule has 0 saturated heterocycles. The van der Waals surface area contributed by atoms with Crippen LogP contribution in [0.4, 0.5) is 0 Å². The Morgan fingerprint density at radius 2 is 1.26 bits per heavy atom. The van der Waals surface area contributed by atoms with E-state index in [1.807, 2.05) is 24.3 Å². The van der Waals surface area contributed by atoms with E-state index in [4.69, 9.17) is 0 Å². The summed E-state index contributed by atoms with van der Waals surface area (Å²) in [4.78, 5) is 0. The average Bonchev–Trinajstić information content (AvgIpc) is 2.93. The molecular formula is C21H13NO. The zero-order chi connectivity index (χ0) is 15.4. The molecular weight excluding hydrogens is 282 g/mol. The third-order valence-corrected chi connectivity index (χ3v) is 4.70. The molecule has 0 atom stereocenters. The quantitative estimate of drug-likeness (QED) is 0.309. The third-order valence-electron chi connectivity index (χ3n) is 4.70. The van der Waals surface area contributed by atoms with E-state index in [-0.39, 0.29) is 0 Å². The molecule has 0 heterocycles. The molecule has 1 N–H and O–H groups in total. The second-order valence-electron chi connectivity index (χ2n) is 5.90. The Kier molecular flexibility index (Phi) is 2.39. The van der Waals surface area contributed by atoms with E-state index in [0.717, 1.165) is 38.4 Å². The van der Waals surface area contributed by atoms with Crippen molar-refractivity contribution in [2.45, 2.75) is 0 Å². The van der Waals surface area contributed by atoms with Crippen LogP contribution in [0.3, 0.4) is 0 Å². The summed E-state index contributed by atoms with van der Waals surface area (Å²) in [6.45, 7) is 0. The van der Waals surface area contributed by atoms with Crippen molar-refractivity contribution in [3.05, 3.63) is 83.9 Å². The van der Waals surface area contributed by atoms with Gasteiger partial charge in [0, 0.05) is 11.1 Å². The lowest BCUT2D eigenvalue weighted by atomic mass is 9.98. The van der Waals surface area contributed by atoms with Crippen LogP contribution in [0.25, 0.3) is 32.7 Å². The van der Waals surface area contributed by atoms with Gasteiger partial charge in [-0.05, 0) is 44.8 Å². The molecule has 5 rings (SSSR count). The standard InChI is InChI=1S/C21H13NO/c23-22-21-19-12-15-7-2-1-6-14(15)11-18(19)17-10-9-13-5-3-4-8-16(13)20(17)21/h1-12,23H/b22-21+. The first kappa shape index (κ1) is 12.4. The molecule has 2 heteroatoms. The van der Waals surface area contributed by atoms with Crippen LogP contribution < -0.4 is 0 Å². The van der Waals surface area contributed by atoms with Crippen molar-refractivity contribution in [3.63, 3.8) is 0 Å². The maximum absolute atomic E-state index is 9.68. The lowest BCUT2D eigenvalue weighted by molar-refractivity contribution is 0.320. The zero-order valence-electron chi connectivity index (χ0n) is 12.3. The maximum atomic E-state index is 9.68. The van der Waals surface area contributed by atoms with Crippen LogP contribution in [0.1, 0.15) is 11.1 Å². The Morgan fingerprint density at radius 3 is 2.00 bits per heavy atom. The summed E-state index contributed by atoms with van der Waals surface area (Å²) in [5.74, 6) is 0. The van der Waals surface area contributed by atoms with Crippen LogP contribution in [-0.2, 0) is 0 Å². The van der Waals surface area contributed by atoms with Gasteiger partial charge in [-0.25, -0.2) is 0 Å². The fourth-order valence-electron chi connectivity index (χ4n) is 3.65. The lowest BCUT2D eigenvalue weighted by Gasteiger charge is -2.05. The lowest BCUT2D eigenvalue weighted by Crippen LogP contribution is -1.99. The highest BCUT2D eigenvalue weighted by Crippen LogP contribution is 2.42. The second-order valence-corrected chi connectivity index (χ2v) is 5.90. The molecule has 23 heavy (non-hydrogen) atoms. The molecule has 1 aliphatic rings. The van der Waals surface area contributed by atoms with Gasteiger partial charge in [0.05, 0.1) is 0 Å². The van der Waals surface area contributed by atoms with Crippen LogP contribution in [0.5, 0.6) is 0 Å². The van der Waals surface area contributed by atoms with E-state index in [9.17, 15) is 5.21 Å². The zero-order valence-corrected chi connectivity index (χ0v) is 12.3. The molecule has 0 saturated carbocycles. The monoisotopic (exact) mass is 295 g/mol. The fraction of sp³-hybridized carbons (Fsp3) is 0. The highest BCUT2D eigenvalue weighted by atomic mass is 16.4. The highest BCUT2D eigenvalue weighted by molar-refractivity contribution is 6.30. The fourth-order valence-corrected chi connectivity index (χ4v) is 3.65. The maximum Gasteiger partial charge on any atom is 0.118 e. The molecule has 1 aliphatic carbocycles. The van der Waals surface area contributed by atoms with E-state index in [2.05, 4.69) is 53.7 Å².